The maximum atomic E-state index is 14.8. The van der Waals surface area contributed by atoms with E-state index in [0.717, 1.165) is 22.6 Å². The zero-order valence-electron chi connectivity index (χ0n) is 26.4. The molecule has 2 aliphatic rings. The highest BCUT2D eigenvalue weighted by molar-refractivity contribution is 6.91. The number of ether oxygens (including phenoxy) is 3. The summed E-state index contributed by atoms with van der Waals surface area (Å²) in [5.41, 5.74) is 1.91. The van der Waals surface area contributed by atoms with Crippen LogP contribution >= 0.6 is 0 Å². The second-order valence-electron chi connectivity index (χ2n) is 12.5. The first-order valence-corrected chi connectivity index (χ1v) is 18.4. The standard InChI is InChI=1S/C36H40N2O6Si/c1-24-33(45(4,5)28-17-15-27(42-2)16-18-28)31(19-21-39)44-36(24)29-12-6-7-13-30(29)38(35(36)41)23-25-10-8-11-26(22-25)37-20-9-14-32(43-3)34(37)40/h6-18,20,22,24,31,33,39H,19,21,23H2,1-5H3/t24-,31+,33-,36+/m1/s1. The Morgan fingerprint density at radius 3 is 2.40 bits per heavy atom. The first-order chi connectivity index (χ1) is 21.7. The Bertz CT molecular complexity index is 1770. The molecule has 4 atom stereocenters. The first kappa shape index (κ1) is 30.8. The van der Waals surface area contributed by atoms with Gasteiger partial charge in [0.25, 0.3) is 11.5 Å². The highest BCUT2D eigenvalue weighted by Crippen LogP contribution is 2.60. The number of methoxy groups -OCH3 is 2. The third kappa shape index (κ3) is 4.99. The van der Waals surface area contributed by atoms with E-state index in [0.29, 0.717) is 18.7 Å². The molecular weight excluding hydrogens is 584 g/mol. The number of aliphatic hydroxyl groups excluding tert-OH is 1. The number of rotatable bonds is 9. The fourth-order valence-corrected chi connectivity index (χ4v) is 11.7. The first-order valence-electron chi connectivity index (χ1n) is 15.4. The van der Waals surface area contributed by atoms with Gasteiger partial charge in [0.15, 0.2) is 11.4 Å². The molecule has 234 valence electrons. The number of para-hydroxylation sites is 1. The van der Waals surface area contributed by atoms with E-state index in [9.17, 15) is 14.7 Å². The van der Waals surface area contributed by atoms with E-state index in [-0.39, 0.29) is 41.4 Å². The number of benzene rings is 3. The van der Waals surface area contributed by atoms with E-state index in [1.54, 1.807) is 30.0 Å². The van der Waals surface area contributed by atoms with Gasteiger partial charge in [-0.05, 0) is 60.0 Å². The molecular formula is C36H40N2O6Si. The molecule has 1 N–H and O–H groups in total. The topological polar surface area (TPSA) is 90.2 Å². The molecule has 3 heterocycles. The largest absolute Gasteiger partial charge is 0.497 e. The van der Waals surface area contributed by atoms with Crippen LogP contribution in [0.4, 0.5) is 5.69 Å². The molecule has 45 heavy (non-hydrogen) atoms. The van der Waals surface area contributed by atoms with Crippen LogP contribution in [0.5, 0.6) is 11.5 Å². The summed E-state index contributed by atoms with van der Waals surface area (Å²) in [6, 6.07) is 27.2. The Kier molecular flexibility index (Phi) is 8.19. The lowest BCUT2D eigenvalue weighted by Gasteiger charge is -2.37. The van der Waals surface area contributed by atoms with Crippen LogP contribution in [0.1, 0.15) is 24.5 Å². The van der Waals surface area contributed by atoms with Crippen molar-refractivity contribution >= 4 is 24.9 Å². The van der Waals surface area contributed by atoms with Crippen LogP contribution in [0.3, 0.4) is 0 Å². The number of fused-ring (bicyclic) bond motifs is 2. The Balaban J connectivity index is 1.38. The number of aromatic nitrogens is 1. The van der Waals surface area contributed by atoms with E-state index in [1.807, 2.05) is 65.6 Å². The summed E-state index contributed by atoms with van der Waals surface area (Å²) in [6.07, 6.45) is 1.88. The van der Waals surface area contributed by atoms with E-state index < -0.39 is 13.7 Å². The van der Waals surface area contributed by atoms with Crippen molar-refractivity contribution in [2.24, 2.45) is 5.92 Å². The van der Waals surface area contributed by atoms with Crippen molar-refractivity contribution in [3.05, 3.63) is 113 Å². The lowest BCUT2D eigenvalue weighted by molar-refractivity contribution is -0.146. The zero-order chi connectivity index (χ0) is 31.9. The summed E-state index contributed by atoms with van der Waals surface area (Å²) in [4.78, 5) is 29.6. The van der Waals surface area contributed by atoms with Gasteiger partial charge in [0, 0.05) is 30.0 Å². The van der Waals surface area contributed by atoms with E-state index in [1.165, 1.54) is 12.3 Å². The number of amides is 1. The molecule has 0 radical (unpaired) electrons. The molecule has 0 bridgehead atoms. The normalized spacial score (nSPS) is 22.6. The molecule has 1 saturated heterocycles. The fourth-order valence-electron chi connectivity index (χ4n) is 7.64. The van der Waals surface area contributed by atoms with E-state index in [4.69, 9.17) is 14.2 Å². The average molecular weight is 625 g/mol. The highest BCUT2D eigenvalue weighted by atomic mass is 28.3. The third-order valence-electron chi connectivity index (χ3n) is 9.82. The summed E-state index contributed by atoms with van der Waals surface area (Å²) in [5.74, 6) is 0.829. The monoisotopic (exact) mass is 624 g/mol. The molecule has 1 fully saturated rings. The van der Waals surface area contributed by atoms with Gasteiger partial charge in [-0.3, -0.25) is 14.2 Å². The van der Waals surface area contributed by atoms with E-state index in [2.05, 4.69) is 32.2 Å². The van der Waals surface area contributed by atoms with Gasteiger partial charge in [0.05, 0.1) is 40.6 Å². The number of aliphatic hydroxyl groups is 1. The fraction of sp³-hybridized carbons (Fsp3) is 0.333. The SMILES string of the molecule is COc1ccc([Si](C)(C)[C@H]2[C@H](CCO)O[C@@]3(C(=O)N(Cc4cccc(-n5cccc(OC)c5=O)c4)c4ccccc43)[C@@H]2C)cc1. The van der Waals surface area contributed by atoms with Crippen LogP contribution in [0.25, 0.3) is 5.69 Å². The van der Waals surface area contributed by atoms with Crippen molar-refractivity contribution in [1.82, 2.24) is 4.57 Å². The molecule has 3 aromatic carbocycles. The van der Waals surface area contributed by atoms with Crippen molar-refractivity contribution in [1.29, 1.82) is 0 Å². The number of carbonyl (C=O) groups excluding carboxylic acids is 1. The Morgan fingerprint density at radius 1 is 0.933 bits per heavy atom. The van der Waals surface area contributed by atoms with Gasteiger partial charge in [-0.15, -0.1) is 0 Å². The molecule has 2 aliphatic heterocycles. The Hall–Kier alpha value is -4.18. The maximum absolute atomic E-state index is 14.8. The lowest BCUT2D eigenvalue weighted by Crippen LogP contribution is -2.51. The Labute approximate surface area is 264 Å². The minimum Gasteiger partial charge on any atom is -0.497 e. The Morgan fingerprint density at radius 2 is 1.69 bits per heavy atom. The van der Waals surface area contributed by atoms with Crippen molar-refractivity contribution in [3.63, 3.8) is 0 Å². The highest BCUT2D eigenvalue weighted by Gasteiger charge is 2.66. The van der Waals surface area contributed by atoms with Crippen LogP contribution in [-0.4, -0.2) is 50.6 Å². The number of nitrogens with zero attached hydrogens (tertiary/aromatic N) is 2. The molecule has 0 unspecified atom stereocenters. The summed E-state index contributed by atoms with van der Waals surface area (Å²) in [5, 5.41) is 11.4. The molecule has 1 spiro atoms. The van der Waals surface area contributed by atoms with Crippen LogP contribution in [-0.2, 0) is 21.7 Å². The smallest absolute Gasteiger partial charge is 0.297 e. The molecule has 1 amide bonds. The van der Waals surface area contributed by atoms with Crippen LogP contribution in [0.15, 0.2) is 95.9 Å². The van der Waals surface area contributed by atoms with Crippen LogP contribution in [0, 0.1) is 5.92 Å². The van der Waals surface area contributed by atoms with Crippen LogP contribution < -0.4 is 25.1 Å². The summed E-state index contributed by atoms with van der Waals surface area (Å²) in [6.45, 7) is 7.10. The predicted molar refractivity (Wildman–Crippen MR) is 178 cm³/mol. The third-order valence-corrected chi connectivity index (χ3v) is 14.2. The van der Waals surface area contributed by atoms with E-state index >= 15 is 0 Å². The summed E-state index contributed by atoms with van der Waals surface area (Å²) < 4.78 is 19.2. The molecule has 8 nitrogen and oxygen atoms in total. The molecule has 9 heteroatoms. The van der Waals surface area contributed by atoms with Gasteiger partial charge in [0.1, 0.15) is 5.75 Å². The zero-order valence-corrected chi connectivity index (χ0v) is 27.4. The van der Waals surface area contributed by atoms with Gasteiger partial charge in [-0.2, -0.15) is 0 Å². The minimum absolute atomic E-state index is 0.0208. The van der Waals surface area contributed by atoms with Gasteiger partial charge in [0.2, 0.25) is 0 Å². The van der Waals surface area contributed by atoms with Crippen molar-refractivity contribution in [2.75, 3.05) is 25.7 Å². The van der Waals surface area contributed by atoms with Crippen LogP contribution in [0.2, 0.25) is 18.6 Å². The number of anilines is 1. The second kappa shape index (κ2) is 12.0. The maximum Gasteiger partial charge on any atom is 0.297 e. The number of pyridine rings is 1. The van der Waals surface area contributed by atoms with Crippen molar-refractivity contribution < 1.29 is 24.1 Å². The minimum atomic E-state index is -2.25. The molecule has 1 aromatic heterocycles. The predicted octanol–water partition coefficient (Wildman–Crippen LogP) is 5.00. The van der Waals surface area contributed by atoms with Crippen molar-refractivity contribution in [2.45, 2.75) is 50.2 Å². The van der Waals surface area contributed by atoms with Gasteiger partial charge in [-0.25, -0.2) is 0 Å². The number of carbonyl (C=O) groups is 1. The molecule has 0 saturated carbocycles. The lowest BCUT2D eigenvalue weighted by atomic mass is 9.82. The average Bonchev–Trinajstić information content (AvgIpc) is 3.48. The summed E-state index contributed by atoms with van der Waals surface area (Å²) in [7, 11) is 0.891. The van der Waals surface area contributed by atoms with Gasteiger partial charge >= 0.3 is 0 Å². The number of hydrogen-bond donors (Lipinski definition) is 1. The molecule has 6 rings (SSSR count). The van der Waals surface area contributed by atoms with Gasteiger partial charge in [-0.1, -0.05) is 67.7 Å². The van der Waals surface area contributed by atoms with Crippen molar-refractivity contribution in [3.8, 4) is 17.2 Å². The number of hydrogen-bond acceptors (Lipinski definition) is 6. The van der Waals surface area contributed by atoms with Gasteiger partial charge < -0.3 is 24.2 Å². The second-order valence-corrected chi connectivity index (χ2v) is 17.2. The quantitative estimate of drug-likeness (QED) is 0.264. The summed E-state index contributed by atoms with van der Waals surface area (Å²) >= 11 is 0. The molecule has 0 aliphatic carbocycles. The molecule has 4 aromatic rings.